The second kappa shape index (κ2) is 8.98. The van der Waals surface area contributed by atoms with Crippen molar-refractivity contribution in [2.24, 2.45) is 0 Å². The number of carbonyl (C=O) groups is 1. The third-order valence-electron chi connectivity index (χ3n) is 4.13. The van der Waals surface area contributed by atoms with Crippen LogP contribution in [-0.2, 0) is 14.8 Å². The van der Waals surface area contributed by atoms with E-state index in [1.54, 1.807) is 17.6 Å². The van der Waals surface area contributed by atoms with Crippen molar-refractivity contribution in [2.45, 2.75) is 30.6 Å². The molecule has 1 amide bonds. The topological polar surface area (TPSA) is 98.7 Å². The number of carbonyl (C=O) groups excluding carboxylic acids is 1. The lowest BCUT2D eigenvalue weighted by Crippen LogP contribution is -2.25. The summed E-state index contributed by atoms with van der Waals surface area (Å²) in [7, 11) is 0.218. The van der Waals surface area contributed by atoms with Crippen LogP contribution in [0.25, 0.3) is 10.8 Å². The highest BCUT2D eigenvalue weighted by atomic mass is 32.2. The van der Waals surface area contributed by atoms with Crippen molar-refractivity contribution in [3.05, 3.63) is 36.4 Å². The van der Waals surface area contributed by atoms with Crippen molar-refractivity contribution in [1.82, 2.24) is 10.2 Å². The molecule has 2 rings (SSSR count). The van der Waals surface area contributed by atoms with E-state index in [4.69, 9.17) is 5.21 Å². The molecule has 2 aromatic carbocycles. The lowest BCUT2D eigenvalue weighted by molar-refractivity contribution is -0.129. The molecule has 0 saturated carbocycles. The maximum absolute atomic E-state index is 12.7. The zero-order valence-corrected chi connectivity index (χ0v) is 15.8. The molecule has 8 heteroatoms. The Balaban J connectivity index is 2.07. The number of fused-ring (bicyclic) bond motifs is 1. The molecule has 7 nitrogen and oxygen atoms in total. The molecule has 0 spiro atoms. The summed E-state index contributed by atoms with van der Waals surface area (Å²) in [4.78, 5) is 13.1. The van der Waals surface area contributed by atoms with E-state index in [9.17, 15) is 13.2 Å². The van der Waals surface area contributed by atoms with Gasteiger partial charge in [0.15, 0.2) is 0 Å². The molecule has 0 fully saturated rings. The predicted molar refractivity (Wildman–Crippen MR) is 102 cm³/mol. The Hall–Kier alpha value is -2.16. The Morgan fingerprint density at radius 2 is 1.73 bits per heavy atom. The van der Waals surface area contributed by atoms with Gasteiger partial charge in [-0.3, -0.25) is 10.0 Å². The number of amides is 1. The number of anilines is 1. The number of hydrogen-bond acceptors (Lipinski definition) is 5. The van der Waals surface area contributed by atoms with E-state index >= 15 is 0 Å². The molecule has 0 atom stereocenters. The third kappa shape index (κ3) is 4.94. The Morgan fingerprint density at radius 1 is 1.04 bits per heavy atom. The van der Waals surface area contributed by atoms with Gasteiger partial charge in [0.2, 0.25) is 15.9 Å². The smallest absolute Gasteiger partial charge is 0.243 e. The number of nitrogens with zero attached hydrogens (tertiary/aromatic N) is 1. The zero-order valence-electron chi connectivity index (χ0n) is 15.0. The number of benzene rings is 2. The molecule has 0 aliphatic carbocycles. The monoisotopic (exact) mass is 379 g/mol. The van der Waals surface area contributed by atoms with Crippen LogP contribution < -0.4 is 15.1 Å². The Bertz CT molecular complexity index is 866. The van der Waals surface area contributed by atoms with Gasteiger partial charge in [0.05, 0.1) is 4.90 Å². The molecule has 2 aromatic rings. The number of hydroxylamine groups is 1. The highest BCUT2D eigenvalue weighted by Gasteiger charge is 2.17. The van der Waals surface area contributed by atoms with Crippen LogP contribution in [-0.4, -0.2) is 40.2 Å². The summed E-state index contributed by atoms with van der Waals surface area (Å²) >= 11 is 0. The zero-order chi connectivity index (χ0) is 19.2. The molecular formula is C18H25N3O4S. The first-order chi connectivity index (χ1) is 12.4. The van der Waals surface area contributed by atoms with Crippen LogP contribution in [0.1, 0.15) is 25.7 Å². The molecule has 0 bridgehead atoms. The van der Waals surface area contributed by atoms with E-state index in [-0.39, 0.29) is 11.3 Å². The van der Waals surface area contributed by atoms with Crippen molar-refractivity contribution < 1.29 is 18.4 Å². The van der Waals surface area contributed by atoms with E-state index in [1.807, 2.05) is 43.3 Å². The third-order valence-corrected chi connectivity index (χ3v) is 5.65. The summed E-state index contributed by atoms with van der Waals surface area (Å²) in [5, 5.41) is 9.99. The maximum Gasteiger partial charge on any atom is 0.243 e. The molecule has 0 saturated heterocycles. The van der Waals surface area contributed by atoms with Gasteiger partial charge in [-0.25, -0.2) is 18.6 Å². The number of sulfonamides is 1. The number of unbranched alkanes of at least 4 members (excludes halogenated alkanes) is 2. The molecule has 0 heterocycles. The predicted octanol–water partition coefficient (Wildman–Crippen LogP) is 2.25. The molecule has 0 aromatic heterocycles. The lowest BCUT2D eigenvalue weighted by Gasteiger charge is -2.17. The average Bonchev–Trinajstić information content (AvgIpc) is 2.63. The average molecular weight is 379 g/mol. The van der Waals surface area contributed by atoms with Crippen molar-refractivity contribution in [2.75, 3.05) is 25.5 Å². The first kappa shape index (κ1) is 20.2. The van der Waals surface area contributed by atoms with Gasteiger partial charge in [-0.1, -0.05) is 30.7 Å². The van der Waals surface area contributed by atoms with Crippen molar-refractivity contribution in [3.63, 3.8) is 0 Å². The SMILES string of the molecule is CN(C)c1cccc2c(S(=O)(=O)NCCCCCC(=O)NO)cccc12. The quantitative estimate of drug-likeness (QED) is 0.353. The standard InChI is InChI=1S/C18H25N3O4S/c1-21(2)16-10-6-9-15-14(16)8-7-11-17(15)26(24,25)19-13-5-3-4-12-18(22)20-23/h6-11,19,23H,3-5,12-13H2,1-2H3,(H,20,22). The first-order valence-corrected chi connectivity index (χ1v) is 9.97. The summed E-state index contributed by atoms with van der Waals surface area (Å²) in [5.74, 6) is -0.432. The van der Waals surface area contributed by atoms with Crippen LogP contribution in [0.2, 0.25) is 0 Å². The van der Waals surface area contributed by atoms with E-state index < -0.39 is 15.9 Å². The summed E-state index contributed by atoms with van der Waals surface area (Å²) < 4.78 is 28.0. The second-order valence-corrected chi connectivity index (χ2v) is 8.00. The Kier molecular flexibility index (Phi) is 6.96. The van der Waals surface area contributed by atoms with E-state index in [0.29, 0.717) is 31.2 Å². The summed E-state index contributed by atoms with van der Waals surface area (Å²) in [6, 6.07) is 10.9. The van der Waals surface area contributed by atoms with Gasteiger partial charge in [-0.2, -0.15) is 0 Å². The van der Waals surface area contributed by atoms with Gasteiger partial charge in [0.25, 0.3) is 0 Å². The molecule has 142 valence electrons. The minimum Gasteiger partial charge on any atom is -0.377 e. The van der Waals surface area contributed by atoms with Crippen LogP contribution in [0.3, 0.4) is 0 Å². The number of hydrogen-bond donors (Lipinski definition) is 3. The van der Waals surface area contributed by atoms with E-state index in [1.165, 1.54) is 0 Å². The minimum absolute atomic E-state index is 0.222. The normalized spacial score (nSPS) is 11.5. The minimum atomic E-state index is -3.63. The van der Waals surface area contributed by atoms with Crippen LogP contribution >= 0.6 is 0 Å². The van der Waals surface area contributed by atoms with Gasteiger partial charge in [0, 0.05) is 43.5 Å². The first-order valence-electron chi connectivity index (χ1n) is 8.48. The molecule has 0 aliphatic rings. The maximum atomic E-state index is 12.7. The number of rotatable bonds is 9. The van der Waals surface area contributed by atoms with E-state index in [0.717, 1.165) is 11.1 Å². The molecule has 0 radical (unpaired) electrons. The van der Waals surface area contributed by atoms with E-state index in [2.05, 4.69) is 4.72 Å². The van der Waals surface area contributed by atoms with Crippen LogP contribution in [0.4, 0.5) is 5.69 Å². The molecular weight excluding hydrogens is 354 g/mol. The fourth-order valence-corrected chi connectivity index (χ4v) is 4.11. The summed E-state index contributed by atoms with van der Waals surface area (Å²) in [5.41, 5.74) is 2.54. The van der Waals surface area contributed by atoms with Crippen LogP contribution in [0.5, 0.6) is 0 Å². The van der Waals surface area contributed by atoms with Gasteiger partial charge < -0.3 is 4.90 Å². The van der Waals surface area contributed by atoms with Gasteiger partial charge in [0.1, 0.15) is 0 Å². The Labute approximate surface area is 154 Å². The highest BCUT2D eigenvalue weighted by molar-refractivity contribution is 7.89. The molecule has 0 unspecified atom stereocenters. The molecule has 3 N–H and O–H groups in total. The molecule has 26 heavy (non-hydrogen) atoms. The number of nitrogens with one attached hydrogen (secondary N) is 2. The van der Waals surface area contributed by atoms with Gasteiger partial charge in [-0.05, 0) is 25.0 Å². The second-order valence-electron chi connectivity index (χ2n) is 6.27. The largest absolute Gasteiger partial charge is 0.377 e. The highest BCUT2D eigenvalue weighted by Crippen LogP contribution is 2.30. The van der Waals surface area contributed by atoms with Gasteiger partial charge >= 0.3 is 0 Å². The van der Waals surface area contributed by atoms with Crippen molar-refractivity contribution in [1.29, 1.82) is 0 Å². The summed E-state index contributed by atoms with van der Waals surface area (Å²) in [6.07, 6.45) is 2.12. The fourth-order valence-electron chi connectivity index (χ4n) is 2.82. The van der Waals surface area contributed by atoms with Crippen LogP contribution in [0.15, 0.2) is 41.3 Å². The lowest BCUT2D eigenvalue weighted by atomic mass is 10.1. The fraction of sp³-hybridized carbons (Fsp3) is 0.389. The van der Waals surface area contributed by atoms with Crippen molar-refractivity contribution in [3.8, 4) is 0 Å². The van der Waals surface area contributed by atoms with Crippen LogP contribution in [0, 0.1) is 0 Å². The van der Waals surface area contributed by atoms with Crippen molar-refractivity contribution >= 4 is 32.4 Å². The Morgan fingerprint density at radius 3 is 2.42 bits per heavy atom. The van der Waals surface area contributed by atoms with Gasteiger partial charge in [-0.15, -0.1) is 0 Å². The molecule has 0 aliphatic heterocycles. The summed E-state index contributed by atoms with van der Waals surface area (Å²) in [6.45, 7) is 0.298.